The van der Waals surface area contributed by atoms with Gasteiger partial charge in [-0.1, -0.05) is 18.2 Å². The number of hydrogen-bond donors (Lipinski definition) is 1. The van der Waals surface area contributed by atoms with Crippen LogP contribution in [0.1, 0.15) is 18.2 Å². The molecule has 0 amide bonds. The molecule has 2 aromatic rings. The Hall–Kier alpha value is -1.79. The van der Waals surface area contributed by atoms with Crippen molar-refractivity contribution in [3.8, 4) is 6.07 Å². The van der Waals surface area contributed by atoms with Crippen LogP contribution in [0.15, 0.2) is 30.3 Å². The number of para-hydroxylation sites is 1. The third-order valence-electron chi connectivity index (χ3n) is 2.68. The predicted molar refractivity (Wildman–Crippen MR) is 60.1 cm³/mol. The maximum absolute atomic E-state index is 8.62. The van der Waals surface area contributed by atoms with Gasteiger partial charge in [-0.05, 0) is 17.5 Å². The van der Waals surface area contributed by atoms with Crippen LogP contribution >= 0.6 is 0 Å². The number of rotatable bonds is 2. The zero-order valence-electron chi connectivity index (χ0n) is 8.64. The average molecular weight is 199 g/mol. The molecule has 2 N–H and O–H groups in total. The first-order chi connectivity index (χ1) is 7.24. The lowest BCUT2D eigenvalue weighted by Gasteiger charge is -2.09. The molecule has 0 aliphatic carbocycles. The van der Waals surface area contributed by atoms with Crippen LogP contribution in [0.2, 0.25) is 0 Å². The summed E-state index contributed by atoms with van der Waals surface area (Å²) in [5.41, 5.74) is 8.09. The molecule has 2 rings (SSSR count). The molecule has 0 saturated heterocycles. The Kier molecular flexibility index (Phi) is 2.44. The van der Waals surface area contributed by atoms with Gasteiger partial charge in [-0.3, -0.25) is 0 Å². The number of nitrogens with zero attached hydrogens (tertiary/aromatic N) is 2. The van der Waals surface area contributed by atoms with Gasteiger partial charge in [0.1, 0.15) is 0 Å². The molecule has 1 atom stereocenters. The van der Waals surface area contributed by atoms with Crippen molar-refractivity contribution in [1.82, 2.24) is 4.57 Å². The van der Waals surface area contributed by atoms with Crippen LogP contribution in [0.3, 0.4) is 0 Å². The normalized spacial score (nSPS) is 12.6. The second-order valence-corrected chi connectivity index (χ2v) is 3.66. The fourth-order valence-corrected chi connectivity index (χ4v) is 1.87. The molecule has 0 saturated carbocycles. The summed E-state index contributed by atoms with van der Waals surface area (Å²) < 4.78 is 2.05. The first-order valence-corrected chi connectivity index (χ1v) is 4.91. The monoisotopic (exact) mass is 199 g/mol. The van der Waals surface area contributed by atoms with Crippen LogP contribution in [0.4, 0.5) is 0 Å². The van der Waals surface area contributed by atoms with Crippen molar-refractivity contribution in [2.75, 3.05) is 0 Å². The zero-order chi connectivity index (χ0) is 10.8. The topological polar surface area (TPSA) is 54.7 Å². The number of nitriles is 1. The van der Waals surface area contributed by atoms with Crippen molar-refractivity contribution in [3.63, 3.8) is 0 Å². The van der Waals surface area contributed by atoms with Crippen LogP contribution in [0.5, 0.6) is 0 Å². The standard InChI is InChI=1S/C12H13N3/c1-15-11-5-3-2-4-9(11)8-12(15)10(14)6-7-13/h2-5,8,10H,6,14H2,1H3. The maximum atomic E-state index is 8.62. The van der Waals surface area contributed by atoms with Gasteiger partial charge in [0.05, 0.1) is 18.5 Å². The molecular formula is C12H13N3. The Balaban J connectivity index is 2.54. The van der Waals surface area contributed by atoms with E-state index in [9.17, 15) is 0 Å². The van der Waals surface area contributed by atoms with Crippen molar-refractivity contribution in [2.24, 2.45) is 12.8 Å². The minimum atomic E-state index is -0.201. The highest BCUT2D eigenvalue weighted by Gasteiger charge is 2.11. The number of fused-ring (bicyclic) bond motifs is 1. The maximum Gasteiger partial charge on any atom is 0.0642 e. The quantitative estimate of drug-likeness (QED) is 0.805. The largest absolute Gasteiger partial charge is 0.346 e. The van der Waals surface area contributed by atoms with Crippen molar-refractivity contribution >= 4 is 10.9 Å². The van der Waals surface area contributed by atoms with E-state index in [1.807, 2.05) is 19.2 Å². The molecule has 0 fully saturated rings. The third kappa shape index (κ3) is 1.60. The van der Waals surface area contributed by atoms with E-state index in [2.05, 4.69) is 28.8 Å². The summed E-state index contributed by atoms with van der Waals surface area (Å²) in [6.45, 7) is 0. The van der Waals surface area contributed by atoms with Gasteiger partial charge in [-0.2, -0.15) is 5.26 Å². The van der Waals surface area contributed by atoms with Gasteiger partial charge in [-0.25, -0.2) is 0 Å². The fourth-order valence-electron chi connectivity index (χ4n) is 1.87. The SMILES string of the molecule is Cn1c(C(N)CC#N)cc2ccccc21. The molecule has 1 unspecified atom stereocenters. The number of hydrogen-bond acceptors (Lipinski definition) is 2. The second-order valence-electron chi connectivity index (χ2n) is 3.66. The van der Waals surface area contributed by atoms with E-state index in [-0.39, 0.29) is 6.04 Å². The van der Waals surface area contributed by atoms with Crippen molar-refractivity contribution < 1.29 is 0 Å². The number of aryl methyl sites for hydroxylation is 1. The van der Waals surface area contributed by atoms with E-state index in [1.165, 1.54) is 5.39 Å². The first kappa shape index (κ1) is 9.75. The van der Waals surface area contributed by atoms with E-state index < -0.39 is 0 Å². The molecule has 0 spiro atoms. The van der Waals surface area contributed by atoms with Gasteiger partial charge < -0.3 is 10.3 Å². The van der Waals surface area contributed by atoms with E-state index >= 15 is 0 Å². The van der Waals surface area contributed by atoms with Crippen LogP contribution < -0.4 is 5.73 Å². The van der Waals surface area contributed by atoms with Crippen molar-refractivity contribution in [3.05, 3.63) is 36.0 Å². The van der Waals surface area contributed by atoms with Crippen LogP contribution in [-0.4, -0.2) is 4.57 Å². The van der Waals surface area contributed by atoms with E-state index in [0.29, 0.717) is 6.42 Å². The van der Waals surface area contributed by atoms with Gasteiger partial charge >= 0.3 is 0 Å². The number of aromatic nitrogens is 1. The molecule has 15 heavy (non-hydrogen) atoms. The summed E-state index contributed by atoms with van der Waals surface area (Å²) in [5.74, 6) is 0. The van der Waals surface area contributed by atoms with Gasteiger partial charge in [0.2, 0.25) is 0 Å². The van der Waals surface area contributed by atoms with Crippen molar-refractivity contribution in [1.29, 1.82) is 5.26 Å². The van der Waals surface area contributed by atoms with E-state index in [0.717, 1.165) is 11.2 Å². The molecule has 1 aromatic carbocycles. The minimum Gasteiger partial charge on any atom is -0.346 e. The molecule has 0 bridgehead atoms. The Morgan fingerprint density at radius 2 is 2.20 bits per heavy atom. The van der Waals surface area contributed by atoms with Gasteiger partial charge in [0.25, 0.3) is 0 Å². The highest BCUT2D eigenvalue weighted by Crippen LogP contribution is 2.23. The lowest BCUT2D eigenvalue weighted by atomic mass is 10.1. The highest BCUT2D eigenvalue weighted by atomic mass is 15.0. The van der Waals surface area contributed by atoms with E-state index in [1.54, 1.807) is 0 Å². The van der Waals surface area contributed by atoms with Gasteiger partial charge in [0.15, 0.2) is 0 Å². The lowest BCUT2D eigenvalue weighted by molar-refractivity contribution is 0.681. The lowest BCUT2D eigenvalue weighted by Crippen LogP contribution is -2.13. The Labute approximate surface area is 88.7 Å². The molecular weight excluding hydrogens is 186 g/mol. The fraction of sp³-hybridized carbons (Fsp3) is 0.250. The minimum absolute atomic E-state index is 0.201. The van der Waals surface area contributed by atoms with Crippen LogP contribution in [0, 0.1) is 11.3 Å². The summed E-state index contributed by atoms with van der Waals surface area (Å²) in [4.78, 5) is 0. The van der Waals surface area contributed by atoms with Crippen molar-refractivity contribution in [2.45, 2.75) is 12.5 Å². The first-order valence-electron chi connectivity index (χ1n) is 4.91. The van der Waals surface area contributed by atoms with Crippen LogP contribution in [0.25, 0.3) is 10.9 Å². The van der Waals surface area contributed by atoms with E-state index in [4.69, 9.17) is 11.0 Å². The molecule has 0 aliphatic heterocycles. The summed E-state index contributed by atoms with van der Waals surface area (Å²) >= 11 is 0. The average Bonchev–Trinajstić information content (AvgIpc) is 2.57. The number of benzene rings is 1. The van der Waals surface area contributed by atoms with Gasteiger partial charge in [0, 0.05) is 18.3 Å². The molecule has 3 heteroatoms. The zero-order valence-corrected chi connectivity index (χ0v) is 8.64. The van der Waals surface area contributed by atoms with Crippen LogP contribution in [-0.2, 0) is 7.05 Å². The molecule has 3 nitrogen and oxygen atoms in total. The molecule has 0 aliphatic rings. The summed E-state index contributed by atoms with van der Waals surface area (Å²) in [6, 6.07) is 12.1. The second kappa shape index (κ2) is 3.76. The number of nitrogens with two attached hydrogens (primary N) is 1. The molecule has 0 radical (unpaired) electrons. The smallest absolute Gasteiger partial charge is 0.0642 e. The molecule has 1 aromatic heterocycles. The Morgan fingerprint density at radius 1 is 1.47 bits per heavy atom. The highest BCUT2D eigenvalue weighted by molar-refractivity contribution is 5.81. The summed E-state index contributed by atoms with van der Waals surface area (Å²) in [7, 11) is 1.98. The Morgan fingerprint density at radius 3 is 2.87 bits per heavy atom. The Bertz CT molecular complexity index is 519. The van der Waals surface area contributed by atoms with Gasteiger partial charge in [-0.15, -0.1) is 0 Å². The molecule has 76 valence electrons. The predicted octanol–water partition coefficient (Wildman–Crippen LogP) is 2.09. The summed E-state index contributed by atoms with van der Waals surface area (Å²) in [6.07, 6.45) is 0.351. The third-order valence-corrected chi connectivity index (χ3v) is 2.68. The summed E-state index contributed by atoms with van der Waals surface area (Å²) in [5, 5.41) is 9.79. The molecule has 1 heterocycles.